The van der Waals surface area contributed by atoms with Gasteiger partial charge in [-0.15, -0.1) is 0 Å². The van der Waals surface area contributed by atoms with Gasteiger partial charge in [-0.2, -0.15) is 0 Å². The Morgan fingerprint density at radius 3 is 2.68 bits per heavy atom. The average molecular weight is 265 g/mol. The minimum absolute atomic E-state index is 0.0537. The van der Waals surface area contributed by atoms with Crippen LogP contribution in [0.5, 0.6) is 0 Å². The van der Waals surface area contributed by atoms with E-state index < -0.39 is 5.82 Å². The third-order valence-electron chi connectivity index (χ3n) is 3.72. The van der Waals surface area contributed by atoms with Gasteiger partial charge in [0.05, 0.1) is 5.56 Å². The van der Waals surface area contributed by atoms with Gasteiger partial charge in [0.15, 0.2) is 11.6 Å². The van der Waals surface area contributed by atoms with Crippen LogP contribution in [0.1, 0.15) is 43.0 Å². The summed E-state index contributed by atoms with van der Waals surface area (Å²) < 4.78 is 14.0. The summed E-state index contributed by atoms with van der Waals surface area (Å²) in [4.78, 5) is 15.9. The molecule has 4 nitrogen and oxygen atoms in total. The van der Waals surface area contributed by atoms with Gasteiger partial charge in [-0.25, -0.2) is 9.37 Å². The van der Waals surface area contributed by atoms with Crippen molar-refractivity contribution in [2.45, 2.75) is 38.6 Å². The lowest BCUT2D eigenvalue weighted by atomic mass is 9.87. The third kappa shape index (κ3) is 3.22. The van der Waals surface area contributed by atoms with Crippen molar-refractivity contribution < 1.29 is 9.18 Å². The second-order valence-electron chi connectivity index (χ2n) is 5.20. The predicted molar refractivity (Wildman–Crippen MR) is 72.6 cm³/mol. The van der Waals surface area contributed by atoms with Crippen molar-refractivity contribution in [3.8, 4) is 0 Å². The maximum Gasteiger partial charge on any atom is 0.254 e. The normalized spacial score (nSPS) is 22.9. The number of hydrogen-bond acceptors (Lipinski definition) is 3. The molecule has 0 aliphatic heterocycles. The zero-order valence-electron chi connectivity index (χ0n) is 11.4. The van der Waals surface area contributed by atoms with Crippen LogP contribution in [-0.2, 0) is 0 Å². The lowest BCUT2D eigenvalue weighted by Crippen LogP contribution is -2.37. The Morgan fingerprint density at radius 2 is 2.05 bits per heavy atom. The quantitative estimate of drug-likeness (QED) is 0.883. The second-order valence-corrected chi connectivity index (χ2v) is 5.20. The van der Waals surface area contributed by atoms with Crippen molar-refractivity contribution in [3.05, 3.63) is 23.6 Å². The van der Waals surface area contributed by atoms with E-state index in [1.54, 1.807) is 7.05 Å². The number of hydrogen-bond donors (Lipinski definition) is 2. The van der Waals surface area contributed by atoms with Crippen molar-refractivity contribution in [1.29, 1.82) is 0 Å². The SMILES string of the molecule is CNc1nccc(C(=O)NC2CCC(C)CC2)c1F. The van der Waals surface area contributed by atoms with Gasteiger partial charge < -0.3 is 10.6 Å². The molecule has 1 aliphatic carbocycles. The number of rotatable bonds is 3. The Kier molecular flexibility index (Phi) is 4.35. The van der Waals surface area contributed by atoms with E-state index in [-0.39, 0.29) is 23.3 Å². The number of pyridine rings is 1. The molecule has 1 saturated carbocycles. The van der Waals surface area contributed by atoms with Gasteiger partial charge in [0.25, 0.3) is 5.91 Å². The monoisotopic (exact) mass is 265 g/mol. The van der Waals surface area contributed by atoms with Crippen LogP contribution >= 0.6 is 0 Å². The molecule has 104 valence electrons. The molecule has 0 unspecified atom stereocenters. The number of halogens is 1. The van der Waals surface area contributed by atoms with Crippen molar-refractivity contribution >= 4 is 11.7 Å². The first-order valence-electron chi connectivity index (χ1n) is 6.75. The van der Waals surface area contributed by atoms with Gasteiger partial charge in [0.2, 0.25) is 0 Å². The summed E-state index contributed by atoms with van der Waals surface area (Å²) in [5.74, 6) is -0.116. The summed E-state index contributed by atoms with van der Waals surface area (Å²) in [5.41, 5.74) is 0.0537. The van der Waals surface area contributed by atoms with Crippen molar-refractivity contribution in [3.63, 3.8) is 0 Å². The highest BCUT2D eigenvalue weighted by Crippen LogP contribution is 2.24. The average Bonchev–Trinajstić information content (AvgIpc) is 2.41. The summed E-state index contributed by atoms with van der Waals surface area (Å²) in [6.45, 7) is 2.22. The van der Waals surface area contributed by atoms with Crippen LogP contribution in [0, 0.1) is 11.7 Å². The number of aromatic nitrogens is 1. The van der Waals surface area contributed by atoms with Gasteiger partial charge >= 0.3 is 0 Å². The molecule has 0 saturated heterocycles. The highest BCUT2D eigenvalue weighted by molar-refractivity contribution is 5.95. The molecular formula is C14H20FN3O. The molecule has 19 heavy (non-hydrogen) atoms. The van der Waals surface area contributed by atoms with E-state index in [1.165, 1.54) is 12.3 Å². The third-order valence-corrected chi connectivity index (χ3v) is 3.72. The largest absolute Gasteiger partial charge is 0.371 e. The molecule has 1 fully saturated rings. The molecule has 0 spiro atoms. The number of carbonyl (C=O) groups is 1. The first-order chi connectivity index (χ1) is 9.11. The van der Waals surface area contributed by atoms with E-state index in [2.05, 4.69) is 22.5 Å². The van der Waals surface area contributed by atoms with Gasteiger partial charge in [-0.1, -0.05) is 6.92 Å². The molecule has 2 rings (SSSR count). The molecule has 5 heteroatoms. The summed E-state index contributed by atoms with van der Waals surface area (Å²) in [6, 6.07) is 1.58. The Hall–Kier alpha value is -1.65. The van der Waals surface area contributed by atoms with E-state index in [0.29, 0.717) is 0 Å². The minimum atomic E-state index is -0.591. The molecule has 0 atom stereocenters. The standard InChI is InChI=1S/C14H20FN3O/c1-9-3-5-10(6-4-9)18-14(19)11-7-8-17-13(16-2)12(11)15/h7-10H,3-6H2,1-2H3,(H,16,17)(H,18,19). The fourth-order valence-corrected chi connectivity index (χ4v) is 2.46. The fourth-order valence-electron chi connectivity index (χ4n) is 2.46. The highest BCUT2D eigenvalue weighted by atomic mass is 19.1. The van der Waals surface area contributed by atoms with Gasteiger partial charge in [0, 0.05) is 19.3 Å². The van der Waals surface area contributed by atoms with Crippen molar-refractivity contribution in [2.75, 3.05) is 12.4 Å². The Balaban J connectivity index is 2.04. The van der Waals surface area contributed by atoms with Crippen LogP contribution in [0.2, 0.25) is 0 Å². The van der Waals surface area contributed by atoms with E-state index in [0.717, 1.165) is 31.6 Å². The molecule has 1 aromatic heterocycles. The number of nitrogens with zero attached hydrogens (tertiary/aromatic N) is 1. The Bertz CT molecular complexity index is 456. The first-order valence-corrected chi connectivity index (χ1v) is 6.75. The summed E-state index contributed by atoms with van der Waals surface area (Å²) in [6.07, 6.45) is 5.61. The predicted octanol–water partition coefficient (Wildman–Crippen LogP) is 2.57. The minimum Gasteiger partial charge on any atom is -0.371 e. The molecule has 1 amide bonds. The molecule has 1 heterocycles. The van der Waals surface area contributed by atoms with Crippen LogP contribution in [0.4, 0.5) is 10.2 Å². The van der Waals surface area contributed by atoms with Crippen LogP contribution in [0.3, 0.4) is 0 Å². The highest BCUT2D eigenvalue weighted by Gasteiger charge is 2.22. The summed E-state index contributed by atoms with van der Waals surface area (Å²) >= 11 is 0. The second kappa shape index (κ2) is 5.99. The van der Waals surface area contributed by atoms with Gasteiger partial charge in [-0.3, -0.25) is 4.79 Å². The lowest BCUT2D eigenvalue weighted by Gasteiger charge is -2.27. The summed E-state index contributed by atoms with van der Waals surface area (Å²) in [7, 11) is 1.58. The smallest absolute Gasteiger partial charge is 0.254 e. The van der Waals surface area contributed by atoms with Crippen molar-refractivity contribution in [1.82, 2.24) is 10.3 Å². The number of nitrogens with one attached hydrogen (secondary N) is 2. The van der Waals surface area contributed by atoms with E-state index in [4.69, 9.17) is 0 Å². The molecule has 1 aliphatic rings. The van der Waals surface area contributed by atoms with Crippen LogP contribution in [0.25, 0.3) is 0 Å². The Labute approximate surface area is 112 Å². The maximum absolute atomic E-state index is 14.0. The van der Waals surface area contributed by atoms with Crippen LogP contribution in [-0.4, -0.2) is 24.0 Å². The molecule has 0 aromatic carbocycles. The zero-order valence-corrected chi connectivity index (χ0v) is 11.4. The number of anilines is 1. The molecule has 0 radical (unpaired) electrons. The number of amides is 1. The first kappa shape index (κ1) is 13.8. The van der Waals surface area contributed by atoms with E-state index in [1.807, 2.05) is 0 Å². The van der Waals surface area contributed by atoms with Crippen molar-refractivity contribution in [2.24, 2.45) is 5.92 Å². The van der Waals surface area contributed by atoms with Crippen LogP contribution in [0.15, 0.2) is 12.3 Å². The fraction of sp³-hybridized carbons (Fsp3) is 0.571. The maximum atomic E-state index is 14.0. The molecular weight excluding hydrogens is 245 g/mol. The lowest BCUT2D eigenvalue weighted by molar-refractivity contribution is 0.0919. The molecule has 1 aromatic rings. The topological polar surface area (TPSA) is 54.0 Å². The summed E-state index contributed by atoms with van der Waals surface area (Å²) in [5, 5.41) is 5.55. The van der Waals surface area contributed by atoms with Crippen LogP contribution < -0.4 is 10.6 Å². The number of carbonyl (C=O) groups excluding carboxylic acids is 1. The van der Waals surface area contributed by atoms with Gasteiger partial charge in [-0.05, 0) is 37.7 Å². The Morgan fingerprint density at radius 1 is 1.37 bits per heavy atom. The molecule has 0 bridgehead atoms. The van der Waals surface area contributed by atoms with E-state index >= 15 is 0 Å². The molecule has 2 N–H and O–H groups in total. The zero-order chi connectivity index (χ0) is 13.8. The van der Waals surface area contributed by atoms with Gasteiger partial charge in [0.1, 0.15) is 0 Å². The van der Waals surface area contributed by atoms with E-state index in [9.17, 15) is 9.18 Å².